The predicted octanol–water partition coefficient (Wildman–Crippen LogP) is 11.8. The lowest BCUT2D eigenvalue weighted by atomic mass is 10.0. The van der Waals surface area contributed by atoms with Crippen LogP contribution in [0.3, 0.4) is 0 Å². The molecule has 0 radical (unpaired) electrons. The van der Waals surface area contributed by atoms with E-state index in [2.05, 4.69) is 77.4 Å². The summed E-state index contributed by atoms with van der Waals surface area (Å²) in [5.41, 5.74) is 9.04. The molecule has 0 amide bonds. The zero-order valence-electron chi connectivity index (χ0n) is 27.1. The van der Waals surface area contributed by atoms with Crippen LogP contribution in [0.25, 0.3) is 106 Å². The number of rotatable bonds is 4. The zero-order valence-corrected chi connectivity index (χ0v) is 27.1. The Morgan fingerprint density at radius 3 is 1.78 bits per heavy atom. The van der Waals surface area contributed by atoms with Crippen LogP contribution < -0.4 is 0 Å². The average Bonchev–Trinajstić information content (AvgIpc) is 3.88. The fourth-order valence-corrected chi connectivity index (χ4v) is 7.59. The third-order valence-electron chi connectivity index (χ3n) is 9.89. The summed E-state index contributed by atoms with van der Waals surface area (Å²) < 4.78 is 15.5. The lowest BCUT2D eigenvalue weighted by Crippen LogP contribution is -2.06. The van der Waals surface area contributed by atoms with Gasteiger partial charge >= 0.3 is 0 Å². The fourth-order valence-electron chi connectivity index (χ4n) is 7.59. The van der Waals surface area contributed by atoms with Crippen LogP contribution in [-0.2, 0) is 0 Å². The predicted molar refractivity (Wildman–Crippen MR) is 205 cm³/mol. The van der Waals surface area contributed by atoms with Gasteiger partial charge in [-0.1, -0.05) is 127 Å². The van der Waals surface area contributed by atoms with Gasteiger partial charge in [0.15, 0.2) is 11.6 Å². The van der Waals surface area contributed by atoms with Crippen LogP contribution in [0.2, 0.25) is 0 Å². The van der Waals surface area contributed by atoms with Crippen molar-refractivity contribution in [2.75, 3.05) is 0 Å². The van der Waals surface area contributed by atoms with Crippen LogP contribution in [0.15, 0.2) is 167 Å². The minimum atomic E-state index is 0.513. The van der Waals surface area contributed by atoms with Crippen LogP contribution in [0.4, 0.5) is 0 Å². The fraction of sp³-hybridized carbons (Fsp3) is 0. The molecule has 0 saturated heterocycles. The Kier molecular flexibility index (Phi) is 5.86. The molecular formula is C45H26N4O2. The lowest BCUT2D eigenvalue weighted by molar-refractivity contribution is 0.670. The Bertz CT molecular complexity index is 3140. The van der Waals surface area contributed by atoms with Crippen LogP contribution in [0.1, 0.15) is 0 Å². The highest BCUT2D eigenvalue weighted by molar-refractivity contribution is 6.23. The van der Waals surface area contributed by atoms with Gasteiger partial charge in [0.05, 0.1) is 22.0 Å². The number of benzene rings is 7. The molecule has 0 aliphatic heterocycles. The smallest absolute Gasteiger partial charge is 0.238 e. The summed E-state index contributed by atoms with van der Waals surface area (Å²) in [6, 6.07) is 53.7. The van der Waals surface area contributed by atoms with E-state index in [9.17, 15) is 0 Å². The lowest BCUT2D eigenvalue weighted by Gasteiger charge is -2.11. The summed E-state index contributed by atoms with van der Waals surface area (Å²) in [4.78, 5) is 15.5. The standard InChI is InChI=1S/C45H26N4O2/c1-3-13-27(14-4-1)29-19-11-20-31-32-21-12-22-35(41(32)51-40(29)31)44-46-43(28-15-5-2-6-16-28)47-45(48-44)49-36-23-9-7-18-34(36)39-37(49)26-25-33-30-17-8-10-24-38(30)50-42(33)39/h1-26H. The molecule has 0 spiro atoms. The second kappa shape index (κ2) is 10.7. The summed E-state index contributed by atoms with van der Waals surface area (Å²) in [7, 11) is 0. The van der Waals surface area contributed by atoms with E-state index >= 15 is 0 Å². The first-order valence-electron chi connectivity index (χ1n) is 17.0. The van der Waals surface area contributed by atoms with Crippen LogP contribution in [0.5, 0.6) is 0 Å². The number of furan rings is 2. The maximum atomic E-state index is 6.80. The average molecular weight is 655 g/mol. The van der Waals surface area contributed by atoms with E-state index in [0.717, 1.165) is 87.9 Å². The first-order chi connectivity index (χ1) is 25.3. The monoisotopic (exact) mass is 654 g/mol. The Labute approximate surface area is 290 Å². The summed E-state index contributed by atoms with van der Waals surface area (Å²) in [5, 5.41) is 6.31. The molecule has 7 aromatic carbocycles. The first kappa shape index (κ1) is 27.9. The number of para-hydroxylation sites is 4. The molecule has 0 saturated carbocycles. The molecule has 4 aromatic heterocycles. The van der Waals surface area contributed by atoms with Crippen molar-refractivity contribution in [2.45, 2.75) is 0 Å². The van der Waals surface area contributed by atoms with Crippen molar-refractivity contribution < 1.29 is 8.83 Å². The summed E-state index contributed by atoms with van der Waals surface area (Å²) >= 11 is 0. The zero-order chi connectivity index (χ0) is 33.5. The molecule has 4 heterocycles. The SMILES string of the molecule is c1ccc(-c2nc(-c3cccc4c3oc3c(-c5ccccc5)cccc34)nc(-n3c4ccccc4c4c5oc6ccccc6c5ccc43)n2)cc1. The summed E-state index contributed by atoms with van der Waals surface area (Å²) in [6.07, 6.45) is 0. The van der Waals surface area contributed by atoms with Gasteiger partial charge in [-0.05, 0) is 35.9 Å². The Morgan fingerprint density at radius 1 is 0.373 bits per heavy atom. The molecule has 0 fully saturated rings. The highest BCUT2D eigenvalue weighted by atomic mass is 16.3. The Balaban J connectivity index is 1.21. The van der Waals surface area contributed by atoms with Crippen molar-refractivity contribution in [1.82, 2.24) is 19.5 Å². The number of fused-ring (bicyclic) bond motifs is 10. The van der Waals surface area contributed by atoms with E-state index in [1.165, 1.54) is 0 Å². The van der Waals surface area contributed by atoms with Gasteiger partial charge in [-0.15, -0.1) is 0 Å². The van der Waals surface area contributed by atoms with Gasteiger partial charge in [-0.3, -0.25) is 4.57 Å². The molecule has 0 aliphatic rings. The van der Waals surface area contributed by atoms with Gasteiger partial charge in [0.2, 0.25) is 5.95 Å². The maximum absolute atomic E-state index is 6.80. The third-order valence-corrected chi connectivity index (χ3v) is 9.89. The molecular weight excluding hydrogens is 629 g/mol. The minimum absolute atomic E-state index is 0.513. The van der Waals surface area contributed by atoms with Crippen molar-refractivity contribution in [3.8, 4) is 39.9 Å². The molecule has 0 unspecified atom stereocenters. The molecule has 6 heteroatoms. The Morgan fingerprint density at radius 2 is 0.980 bits per heavy atom. The summed E-state index contributed by atoms with van der Waals surface area (Å²) in [6.45, 7) is 0. The molecule has 0 atom stereocenters. The van der Waals surface area contributed by atoms with Crippen molar-refractivity contribution in [3.63, 3.8) is 0 Å². The van der Waals surface area contributed by atoms with Crippen molar-refractivity contribution in [2.24, 2.45) is 0 Å². The second-order valence-electron chi connectivity index (χ2n) is 12.8. The number of hydrogen-bond acceptors (Lipinski definition) is 5. The maximum Gasteiger partial charge on any atom is 0.238 e. The van der Waals surface area contributed by atoms with Gasteiger partial charge < -0.3 is 8.83 Å². The number of aromatic nitrogens is 4. The van der Waals surface area contributed by atoms with Gasteiger partial charge in [0.1, 0.15) is 22.3 Å². The molecule has 6 nitrogen and oxygen atoms in total. The van der Waals surface area contributed by atoms with E-state index in [4.69, 9.17) is 23.8 Å². The van der Waals surface area contributed by atoms with Crippen LogP contribution >= 0.6 is 0 Å². The van der Waals surface area contributed by atoms with Gasteiger partial charge in [-0.2, -0.15) is 9.97 Å². The number of hydrogen-bond donors (Lipinski definition) is 0. The quantitative estimate of drug-likeness (QED) is 0.189. The van der Waals surface area contributed by atoms with E-state index in [-0.39, 0.29) is 0 Å². The third kappa shape index (κ3) is 4.14. The second-order valence-corrected chi connectivity index (χ2v) is 12.8. The van der Waals surface area contributed by atoms with Crippen molar-refractivity contribution >= 4 is 65.7 Å². The molecule has 0 bridgehead atoms. The van der Waals surface area contributed by atoms with Gasteiger partial charge in [0.25, 0.3) is 0 Å². The van der Waals surface area contributed by atoms with Crippen LogP contribution in [-0.4, -0.2) is 19.5 Å². The highest BCUT2D eigenvalue weighted by Crippen LogP contribution is 2.42. The number of nitrogens with zero attached hydrogens (tertiary/aromatic N) is 4. The first-order valence-corrected chi connectivity index (χ1v) is 17.0. The molecule has 51 heavy (non-hydrogen) atoms. The molecule has 11 rings (SSSR count). The topological polar surface area (TPSA) is 69.9 Å². The van der Waals surface area contributed by atoms with Gasteiger partial charge in [-0.25, -0.2) is 4.98 Å². The minimum Gasteiger partial charge on any atom is -0.455 e. The largest absolute Gasteiger partial charge is 0.455 e. The van der Waals surface area contributed by atoms with Crippen molar-refractivity contribution in [3.05, 3.63) is 158 Å². The molecule has 11 aromatic rings. The normalized spacial score (nSPS) is 11.9. The van der Waals surface area contributed by atoms with Crippen molar-refractivity contribution in [1.29, 1.82) is 0 Å². The molecule has 0 N–H and O–H groups in total. The van der Waals surface area contributed by atoms with Crippen LogP contribution in [0, 0.1) is 0 Å². The van der Waals surface area contributed by atoms with E-state index in [0.29, 0.717) is 17.6 Å². The molecule has 0 aliphatic carbocycles. The molecule has 238 valence electrons. The van der Waals surface area contributed by atoms with E-state index < -0.39 is 0 Å². The Hall–Kier alpha value is -7.05. The summed E-state index contributed by atoms with van der Waals surface area (Å²) in [5.74, 6) is 1.61. The van der Waals surface area contributed by atoms with E-state index in [1.54, 1.807) is 0 Å². The highest BCUT2D eigenvalue weighted by Gasteiger charge is 2.23. The van der Waals surface area contributed by atoms with E-state index in [1.807, 2.05) is 84.9 Å². The van der Waals surface area contributed by atoms with Gasteiger partial charge in [0, 0.05) is 38.1 Å².